The van der Waals surface area contributed by atoms with Gasteiger partial charge in [0.15, 0.2) is 5.75 Å². The van der Waals surface area contributed by atoms with Crippen LogP contribution in [0.2, 0.25) is 0 Å². The molecule has 1 rings (SSSR count). The maximum atomic E-state index is 10.3. The van der Waals surface area contributed by atoms with E-state index in [0.717, 1.165) is 0 Å². The molecule has 5 heteroatoms. The molecular formula is C14H22ClNO3. The van der Waals surface area contributed by atoms with Crippen LogP contribution < -0.4 is 9.40 Å². The van der Waals surface area contributed by atoms with Gasteiger partial charge in [0.05, 0.1) is 32.7 Å². The second-order valence-electron chi connectivity index (χ2n) is 4.43. The highest BCUT2D eigenvalue weighted by atomic mass is 35.5. The summed E-state index contributed by atoms with van der Waals surface area (Å²) in [5.74, 6) is -1.21. The largest absolute Gasteiger partial charge is 0.545 e. The molecule has 108 valence electrons. The molecule has 0 bridgehead atoms. The predicted octanol–water partition coefficient (Wildman–Crippen LogP) is 2.08. The third kappa shape index (κ3) is 5.94. The zero-order valence-corrected chi connectivity index (χ0v) is 12.7. The van der Waals surface area contributed by atoms with Crippen LogP contribution >= 0.6 is 11.9 Å². The van der Waals surface area contributed by atoms with E-state index in [1.165, 1.54) is 36.3 Å². The lowest BCUT2D eigenvalue weighted by molar-refractivity contribution is -0.904. The fraction of sp³-hybridized carbons (Fsp3) is 0.500. The van der Waals surface area contributed by atoms with Crippen LogP contribution in [0, 0.1) is 0 Å². The number of nitrogens with zero attached hydrogens (tertiary/aromatic N) is 1. The van der Waals surface area contributed by atoms with Crippen molar-refractivity contribution in [3.8, 4) is 5.75 Å². The minimum Gasteiger partial charge on any atom is -0.545 e. The van der Waals surface area contributed by atoms with Gasteiger partial charge in [-0.25, -0.2) is 0 Å². The highest BCUT2D eigenvalue weighted by molar-refractivity contribution is 6.09. The van der Waals surface area contributed by atoms with Crippen LogP contribution in [0.25, 0.3) is 0 Å². The summed E-state index contributed by atoms with van der Waals surface area (Å²) in [5.41, 5.74) is -0.0532. The first-order chi connectivity index (χ1) is 8.94. The molecule has 0 aliphatic carbocycles. The second kappa shape index (κ2) is 8.77. The summed E-state index contributed by atoms with van der Waals surface area (Å²) in [6.45, 7) is 10.5. The number of carboxylic acids is 1. The fourth-order valence-corrected chi connectivity index (χ4v) is 1.51. The Morgan fingerprint density at radius 2 is 1.68 bits per heavy atom. The van der Waals surface area contributed by atoms with Crippen molar-refractivity contribution in [2.24, 2.45) is 0 Å². The molecule has 0 saturated heterocycles. The Hall–Kier alpha value is -1.26. The number of carbonyl (C=O) groups excluding carboxylic acids is 1. The van der Waals surface area contributed by atoms with E-state index in [1.807, 2.05) is 0 Å². The lowest BCUT2D eigenvalue weighted by Crippen LogP contribution is -2.42. The zero-order valence-electron chi connectivity index (χ0n) is 12.0. The Morgan fingerprint density at radius 3 is 1.95 bits per heavy atom. The Kier molecular flexibility index (Phi) is 8.19. The van der Waals surface area contributed by atoms with Crippen LogP contribution in [-0.4, -0.2) is 37.1 Å². The molecule has 0 spiro atoms. The van der Waals surface area contributed by atoms with Gasteiger partial charge in [-0.3, -0.25) is 0 Å². The Labute approximate surface area is 120 Å². The molecule has 0 heterocycles. The standard InChI is InChI=1S/C7H5ClO3.C7H18N/c8-11-6-4-2-1-3-5(6)7(9)10;1-5-8(4,6-2)7-3/h1-4H,(H,9,10);5-7H2,1-4H3/q;+1/p-1. The zero-order chi connectivity index (χ0) is 14.9. The molecule has 0 fully saturated rings. The smallest absolute Gasteiger partial charge is 0.155 e. The summed E-state index contributed by atoms with van der Waals surface area (Å²) in [7, 11) is 2.29. The molecule has 19 heavy (non-hydrogen) atoms. The summed E-state index contributed by atoms with van der Waals surface area (Å²) in [6.07, 6.45) is 0. The van der Waals surface area contributed by atoms with Crippen LogP contribution in [0.4, 0.5) is 0 Å². The highest BCUT2D eigenvalue weighted by Crippen LogP contribution is 2.17. The number of hydrogen-bond acceptors (Lipinski definition) is 3. The normalized spacial score (nSPS) is 10.4. The summed E-state index contributed by atoms with van der Waals surface area (Å²) in [6, 6.07) is 5.97. The van der Waals surface area contributed by atoms with E-state index in [4.69, 9.17) is 11.9 Å². The van der Waals surface area contributed by atoms with Crippen molar-refractivity contribution in [1.82, 2.24) is 0 Å². The average molecular weight is 288 g/mol. The van der Waals surface area contributed by atoms with Crippen LogP contribution in [-0.2, 0) is 0 Å². The van der Waals surface area contributed by atoms with Crippen LogP contribution in [0.1, 0.15) is 31.1 Å². The van der Waals surface area contributed by atoms with E-state index >= 15 is 0 Å². The fourth-order valence-electron chi connectivity index (χ4n) is 1.37. The molecular weight excluding hydrogens is 266 g/mol. The first-order valence-electron chi connectivity index (χ1n) is 6.36. The molecule has 1 aromatic rings. The molecule has 0 amide bonds. The third-order valence-electron chi connectivity index (χ3n) is 3.48. The molecule has 0 aliphatic heterocycles. The van der Waals surface area contributed by atoms with Gasteiger partial charge in [0.2, 0.25) is 0 Å². The number of quaternary nitrogens is 1. The van der Waals surface area contributed by atoms with Crippen LogP contribution in [0.15, 0.2) is 24.3 Å². The minimum absolute atomic E-state index is 0.0532. The molecule has 0 aromatic heterocycles. The summed E-state index contributed by atoms with van der Waals surface area (Å²) in [5, 5.41) is 10.3. The van der Waals surface area contributed by atoms with Gasteiger partial charge >= 0.3 is 0 Å². The molecule has 0 aliphatic rings. The first kappa shape index (κ1) is 17.7. The van der Waals surface area contributed by atoms with Gasteiger partial charge in [-0.2, -0.15) is 0 Å². The molecule has 4 nitrogen and oxygen atoms in total. The summed E-state index contributed by atoms with van der Waals surface area (Å²) < 4.78 is 5.47. The molecule has 0 N–H and O–H groups in total. The predicted molar refractivity (Wildman–Crippen MR) is 75.1 cm³/mol. The first-order valence-corrected chi connectivity index (χ1v) is 6.67. The monoisotopic (exact) mass is 287 g/mol. The molecule has 1 aromatic carbocycles. The van der Waals surface area contributed by atoms with Gasteiger partial charge in [-0.05, 0) is 32.9 Å². The number of halogens is 1. The third-order valence-corrected chi connectivity index (χ3v) is 3.65. The van der Waals surface area contributed by atoms with Crippen molar-refractivity contribution in [2.75, 3.05) is 26.7 Å². The van der Waals surface area contributed by atoms with Crippen molar-refractivity contribution in [2.45, 2.75) is 20.8 Å². The topological polar surface area (TPSA) is 49.4 Å². The summed E-state index contributed by atoms with van der Waals surface area (Å²) in [4.78, 5) is 10.3. The average Bonchev–Trinajstić information content (AvgIpc) is 2.47. The number of carboxylic acid groups (broad SMARTS) is 1. The van der Waals surface area contributed by atoms with Crippen molar-refractivity contribution >= 4 is 17.8 Å². The van der Waals surface area contributed by atoms with Gasteiger partial charge < -0.3 is 18.7 Å². The maximum absolute atomic E-state index is 10.3. The Morgan fingerprint density at radius 1 is 1.21 bits per heavy atom. The number of rotatable bonds is 5. The van der Waals surface area contributed by atoms with E-state index < -0.39 is 5.97 Å². The van der Waals surface area contributed by atoms with Crippen molar-refractivity contribution in [3.63, 3.8) is 0 Å². The van der Waals surface area contributed by atoms with E-state index in [9.17, 15) is 9.90 Å². The van der Waals surface area contributed by atoms with Gasteiger partial charge in [0, 0.05) is 5.56 Å². The number of aromatic carboxylic acids is 1. The maximum Gasteiger partial charge on any atom is 0.155 e. The van der Waals surface area contributed by atoms with Gasteiger partial charge in [0.1, 0.15) is 11.9 Å². The Bertz CT molecular complexity index is 384. The lowest BCUT2D eigenvalue weighted by atomic mass is 10.2. The molecule has 0 radical (unpaired) electrons. The highest BCUT2D eigenvalue weighted by Gasteiger charge is 2.10. The van der Waals surface area contributed by atoms with E-state index in [-0.39, 0.29) is 11.3 Å². The van der Waals surface area contributed by atoms with Crippen LogP contribution in [0.5, 0.6) is 5.75 Å². The number of carbonyl (C=O) groups is 1. The lowest BCUT2D eigenvalue weighted by Gasteiger charge is -2.30. The Balaban J connectivity index is 0.000000362. The number of para-hydroxylation sites is 1. The number of hydrogen-bond donors (Lipinski definition) is 0. The van der Waals surface area contributed by atoms with Gasteiger partial charge in [-0.15, -0.1) is 0 Å². The van der Waals surface area contributed by atoms with Gasteiger partial charge in [-0.1, -0.05) is 12.1 Å². The van der Waals surface area contributed by atoms with Crippen LogP contribution in [0.3, 0.4) is 0 Å². The molecule has 0 atom stereocenters. The number of benzene rings is 1. The second-order valence-corrected chi connectivity index (χ2v) is 4.58. The molecule has 0 unspecified atom stereocenters. The van der Waals surface area contributed by atoms with E-state index in [1.54, 1.807) is 12.1 Å². The van der Waals surface area contributed by atoms with E-state index in [0.29, 0.717) is 0 Å². The van der Waals surface area contributed by atoms with Crippen molar-refractivity contribution in [3.05, 3.63) is 29.8 Å². The van der Waals surface area contributed by atoms with Crippen molar-refractivity contribution in [1.29, 1.82) is 0 Å². The molecule has 0 saturated carbocycles. The SMILES string of the molecule is CC[N+](C)(CC)CC.O=C([O-])c1ccccc1OCl. The summed E-state index contributed by atoms with van der Waals surface area (Å²) >= 11 is 4.99. The van der Waals surface area contributed by atoms with Gasteiger partial charge in [0.25, 0.3) is 0 Å². The van der Waals surface area contributed by atoms with E-state index in [2.05, 4.69) is 32.1 Å². The van der Waals surface area contributed by atoms with Crippen molar-refractivity contribution < 1.29 is 18.7 Å². The minimum atomic E-state index is -1.30. The quantitative estimate of drug-likeness (QED) is 0.779.